The molecule has 0 spiro atoms. The van der Waals surface area contributed by atoms with Crippen LogP contribution in [-0.2, 0) is 30.0 Å². The normalized spacial score (nSPS) is 19.6. The molecule has 0 aliphatic carbocycles. The van der Waals surface area contributed by atoms with Gasteiger partial charge in [-0.3, -0.25) is 0 Å². The Kier molecular flexibility index (Phi) is 17.4. The SMILES string of the molecule is O=C(O)[C@H](O)[C@@H](O)[C@H](O)[C@H](O)CO.O=C(O)[C@H](O)[C@@H](O)[C@H](O)[C@H](O)CO.[Pd]. The number of aliphatic hydroxyl groups excluding tert-OH is 10. The molecule has 0 saturated carbocycles. The van der Waals surface area contributed by atoms with E-state index in [1.165, 1.54) is 0 Å². The van der Waals surface area contributed by atoms with Gasteiger partial charge in [-0.15, -0.1) is 0 Å². The molecule has 0 aromatic heterocycles. The maximum atomic E-state index is 10.1. The van der Waals surface area contributed by atoms with Crippen LogP contribution >= 0.6 is 0 Å². The summed E-state index contributed by atoms with van der Waals surface area (Å²) in [6.07, 6.45) is -15.7. The van der Waals surface area contributed by atoms with Crippen LogP contribution in [0.15, 0.2) is 0 Å². The Morgan fingerprint density at radius 1 is 0.556 bits per heavy atom. The summed E-state index contributed by atoms with van der Waals surface area (Å²) in [6.45, 7) is -1.69. The summed E-state index contributed by atoms with van der Waals surface area (Å²) in [4.78, 5) is 20.2. The first-order valence-electron chi connectivity index (χ1n) is 6.95. The van der Waals surface area contributed by atoms with Crippen LogP contribution in [0.25, 0.3) is 0 Å². The van der Waals surface area contributed by atoms with E-state index in [9.17, 15) is 9.59 Å². The predicted octanol–water partition coefficient (Wildman–Crippen LogP) is -6.99. The van der Waals surface area contributed by atoms with Gasteiger partial charge >= 0.3 is 11.9 Å². The smallest absolute Gasteiger partial charge is 0.335 e. The van der Waals surface area contributed by atoms with Crippen molar-refractivity contribution in [1.82, 2.24) is 0 Å². The Morgan fingerprint density at radius 2 is 0.778 bits per heavy atom. The van der Waals surface area contributed by atoms with E-state index >= 15 is 0 Å². The number of rotatable bonds is 10. The number of hydrogen-bond donors (Lipinski definition) is 12. The molecular weight excluding hydrogens is 475 g/mol. The van der Waals surface area contributed by atoms with Gasteiger partial charge in [0, 0.05) is 20.4 Å². The summed E-state index contributed by atoms with van der Waals surface area (Å²) in [7, 11) is 0. The average Bonchev–Trinajstić information content (AvgIpc) is 2.62. The molecule has 12 N–H and O–H groups in total. The Bertz CT molecular complexity index is 385. The first kappa shape index (κ1) is 30.9. The number of aliphatic hydroxyl groups is 10. The molecule has 0 aromatic carbocycles. The van der Waals surface area contributed by atoms with Gasteiger partial charge in [0.2, 0.25) is 0 Å². The van der Waals surface area contributed by atoms with Gasteiger partial charge in [-0.25, -0.2) is 9.59 Å². The largest absolute Gasteiger partial charge is 0.479 e. The minimum Gasteiger partial charge on any atom is -0.479 e. The summed E-state index contributed by atoms with van der Waals surface area (Å²) < 4.78 is 0. The van der Waals surface area contributed by atoms with E-state index in [2.05, 4.69) is 0 Å². The Morgan fingerprint density at radius 3 is 0.926 bits per heavy atom. The molecule has 0 saturated heterocycles. The van der Waals surface area contributed by atoms with E-state index < -0.39 is 74.0 Å². The fourth-order valence-corrected chi connectivity index (χ4v) is 1.34. The summed E-state index contributed by atoms with van der Waals surface area (Å²) in [5, 5.41) is 104. The van der Waals surface area contributed by atoms with Crippen LogP contribution in [0.5, 0.6) is 0 Å². The van der Waals surface area contributed by atoms with E-state index in [-0.39, 0.29) is 20.4 Å². The van der Waals surface area contributed by atoms with E-state index in [4.69, 9.17) is 61.3 Å². The molecule has 14 nitrogen and oxygen atoms in total. The molecule has 0 rings (SSSR count). The van der Waals surface area contributed by atoms with Crippen molar-refractivity contribution in [1.29, 1.82) is 0 Å². The quantitative estimate of drug-likeness (QED) is 0.125. The van der Waals surface area contributed by atoms with Gasteiger partial charge in [-0.05, 0) is 0 Å². The molecule has 0 aliphatic heterocycles. The number of carboxylic acid groups (broad SMARTS) is 2. The van der Waals surface area contributed by atoms with E-state index in [0.717, 1.165) is 0 Å². The predicted molar refractivity (Wildman–Crippen MR) is 77.5 cm³/mol. The zero-order valence-corrected chi connectivity index (χ0v) is 15.1. The minimum absolute atomic E-state index is 0. The molecule has 8 atom stereocenters. The third kappa shape index (κ3) is 10.9. The van der Waals surface area contributed by atoms with Gasteiger partial charge in [-0.1, -0.05) is 0 Å². The van der Waals surface area contributed by atoms with Gasteiger partial charge in [-0.2, -0.15) is 0 Å². The molecular formula is C12H24O14Pd. The summed E-state index contributed by atoms with van der Waals surface area (Å²) in [6, 6.07) is 0. The maximum absolute atomic E-state index is 10.1. The molecule has 0 aromatic rings. The molecule has 0 fully saturated rings. The average molecular weight is 499 g/mol. The molecule has 0 aliphatic rings. The topological polar surface area (TPSA) is 277 Å². The van der Waals surface area contributed by atoms with E-state index in [1.807, 2.05) is 0 Å². The third-order valence-electron chi connectivity index (χ3n) is 3.02. The summed E-state index contributed by atoms with van der Waals surface area (Å²) in [5.41, 5.74) is 0. The van der Waals surface area contributed by atoms with Crippen molar-refractivity contribution in [2.75, 3.05) is 13.2 Å². The van der Waals surface area contributed by atoms with Gasteiger partial charge in [0.15, 0.2) is 12.2 Å². The van der Waals surface area contributed by atoms with Crippen LogP contribution < -0.4 is 0 Å². The Labute approximate surface area is 165 Å². The number of hydrogen-bond acceptors (Lipinski definition) is 12. The molecule has 166 valence electrons. The van der Waals surface area contributed by atoms with Crippen molar-refractivity contribution in [3.05, 3.63) is 0 Å². The van der Waals surface area contributed by atoms with Crippen molar-refractivity contribution >= 4 is 11.9 Å². The second-order valence-electron chi connectivity index (χ2n) is 5.03. The molecule has 0 heterocycles. The van der Waals surface area contributed by atoms with Gasteiger partial charge in [0.05, 0.1) is 13.2 Å². The van der Waals surface area contributed by atoms with Crippen LogP contribution in [0.3, 0.4) is 0 Å². The first-order chi connectivity index (χ1) is 11.8. The number of carbonyl (C=O) groups is 2. The zero-order valence-electron chi connectivity index (χ0n) is 13.5. The van der Waals surface area contributed by atoms with Crippen LogP contribution in [0.4, 0.5) is 0 Å². The Hall–Kier alpha value is -0.798. The van der Waals surface area contributed by atoms with E-state index in [1.54, 1.807) is 0 Å². The first-order valence-corrected chi connectivity index (χ1v) is 6.95. The van der Waals surface area contributed by atoms with E-state index in [0.29, 0.717) is 0 Å². The molecule has 0 radical (unpaired) electrons. The van der Waals surface area contributed by atoms with Crippen molar-refractivity contribution in [3.8, 4) is 0 Å². The second kappa shape index (κ2) is 15.2. The van der Waals surface area contributed by atoms with Crippen molar-refractivity contribution in [2.45, 2.75) is 48.8 Å². The third-order valence-corrected chi connectivity index (χ3v) is 3.02. The van der Waals surface area contributed by atoms with Gasteiger partial charge in [0.25, 0.3) is 0 Å². The van der Waals surface area contributed by atoms with Gasteiger partial charge < -0.3 is 61.3 Å². The second-order valence-corrected chi connectivity index (χ2v) is 5.03. The number of aliphatic carboxylic acids is 2. The summed E-state index contributed by atoms with van der Waals surface area (Å²) in [5.74, 6) is -3.45. The molecule has 27 heavy (non-hydrogen) atoms. The van der Waals surface area contributed by atoms with Crippen LogP contribution in [0, 0.1) is 0 Å². The van der Waals surface area contributed by atoms with Crippen LogP contribution in [-0.4, -0.2) is 135 Å². The molecule has 15 heteroatoms. The number of carboxylic acids is 2. The molecule has 0 unspecified atom stereocenters. The monoisotopic (exact) mass is 498 g/mol. The molecule has 0 amide bonds. The van der Waals surface area contributed by atoms with Crippen molar-refractivity contribution in [2.24, 2.45) is 0 Å². The van der Waals surface area contributed by atoms with Crippen LogP contribution in [0.2, 0.25) is 0 Å². The van der Waals surface area contributed by atoms with Crippen LogP contribution in [0.1, 0.15) is 0 Å². The Balaban J connectivity index is -0.000000411. The fourth-order valence-electron chi connectivity index (χ4n) is 1.34. The molecule has 0 bridgehead atoms. The standard InChI is InChI=1S/2C6H12O7.Pd/c2*7-1-2(8)3(9)4(10)5(11)6(12)13;/h2*2-5,7-11H,1H2,(H,12,13);/t2*2-,3-,4+,5-;/m11./s1. The minimum atomic E-state index is -2.20. The zero-order chi connectivity index (χ0) is 21.2. The maximum Gasteiger partial charge on any atom is 0.335 e. The summed E-state index contributed by atoms with van der Waals surface area (Å²) >= 11 is 0. The van der Waals surface area contributed by atoms with Crippen molar-refractivity contribution in [3.63, 3.8) is 0 Å². The van der Waals surface area contributed by atoms with Crippen molar-refractivity contribution < 1.29 is 91.3 Å². The van der Waals surface area contributed by atoms with Gasteiger partial charge in [0.1, 0.15) is 36.6 Å². The fraction of sp³-hybridized carbons (Fsp3) is 0.833.